The predicted octanol–water partition coefficient (Wildman–Crippen LogP) is 1.35. The number of benzene rings is 1. The van der Waals surface area contributed by atoms with Crippen LogP contribution in [0.25, 0.3) is 0 Å². The number of nitrogens with zero attached hydrogens (tertiary/aromatic N) is 2. The third kappa shape index (κ3) is 3.13. The number of rotatable bonds is 3. The first kappa shape index (κ1) is 15.4. The number of nitrogens with two attached hydrogens (primary N) is 1. The monoisotopic (exact) mass is 309 g/mol. The van der Waals surface area contributed by atoms with Crippen molar-refractivity contribution in [3.8, 4) is 0 Å². The molecule has 2 fully saturated rings. The molecule has 2 N–H and O–H groups in total. The van der Waals surface area contributed by atoms with Crippen molar-refractivity contribution in [1.29, 1.82) is 0 Å². The molecule has 2 aliphatic heterocycles. The van der Waals surface area contributed by atoms with E-state index in [1.807, 2.05) is 9.80 Å². The van der Waals surface area contributed by atoms with Gasteiger partial charge in [-0.15, -0.1) is 0 Å². The normalized spacial score (nSPS) is 25.9. The van der Waals surface area contributed by atoms with Gasteiger partial charge in [0.05, 0.1) is 5.92 Å². The van der Waals surface area contributed by atoms with Gasteiger partial charge in [-0.3, -0.25) is 9.69 Å². The van der Waals surface area contributed by atoms with Crippen molar-refractivity contribution in [2.45, 2.75) is 25.4 Å². The van der Waals surface area contributed by atoms with E-state index in [9.17, 15) is 13.6 Å². The van der Waals surface area contributed by atoms with Crippen molar-refractivity contribution in [2.75, 3.05) is 26.2 Å². The van der Waals surface area contributed by atoms with Crippen molar-refractivity contribution in [3.05, 3.63) is 35.4 Å². The molecule has 0 aromatic heterocycles. The number of carbonyl (C=O) groups is 1. The van der Waals surface area contributed by atoms with Crippen LogP contribution in [-0.4, -0.2) is 47.9 Å². The first-order chi connectivity index (χ1) is 10.5. The van der Waals surface area contributed by atoms with Gasteiger partial charge in [0.1, 0.15) is 0 Å². The van der Waals surface area contributed by atoms with Crippen LogP contribution in [0.5, 0.6) is 0 Å². The van der Waals surface area contributed by atoms with Crippen LogP contribution in [0, 0.1) is 17.6 Å². The van der Waals surface area contributed by atoms with Gasteiger partial charge in [-0.2, -0.15) is 0 Å². The minimum Gasteiger partial charge on any atom is -0.342 e. The lowest BCUT2D eigenvalue weighted by molar-refractivity contribution is -0.134. The summed E-state index contributed by atoms with van der Waals surface area (Å²) in [5, 5.41) is 0. The average molecular weight is 309 g/mol. The van der Waals surface area contributed by atoms with Gasteiger partial charge in [0.15, 0.2) is 11.6 Å². The molecule has 2 aliphatic rings. The van der Waals surface area contributed by atoms with Gasteiger partial charge in [0, 0.05) is 38.8 Å². The molecule has 1 aromatic carbocycles. The molecule has 3 rings (SSSR count). The first-order valence-corrected chi connectivity index (χ1v) is 7.75. The average Bonchev–Trinajstić information content (AvgIpc) is 3.12. The van der Waals surface area contributed by atoms with Crippen LogP contribution in [0.1, 0.15) is 18.4 Å². The minimum atomic E-state index is -0.844. The molecule has 0 unspecified atom stereocenters. The SMILES string of the molecule is N[C@H]1CN(Cc2ccc(F)c(F)c2)C[C@H]1C(=O)N1CCCC1. The zero-order valence-corrected chi connectivity index (χ0v) is 12.5. The standard InChI is InChI=1S/C16H21F2N3O/c17-13-4-3-11(7-14(13)18)8-20-9-12(15(19)10-20)16(22)21-5-1-2-6-21/h3-4,7,12,15H,1-2,5-6,8-10,19H2/t12-,15+/m1/s1. The van der Waals surface area contributed by atoms with E-state index in [2.05, 4.69) is 0 Å². The van der Waals surface area contributed by atoms with E-state index in [1.165, 1.54) is 6.07 Å². The molecule has 0 spiro atoms. The molecule has 6 heteroatoms. The molecule has 0 aliphatic carbocycles. The zero-order valence-electron chi connectivity index (χ0n) is 12.5. The second kappa shape index (κ2) is 6.30. The number of hydrogen-bond donors (Lipinski definition) is 1. The molecule has 0 radical (unpaired) electrons. The lowest BCUT2D eigenvalue weighted by Crippen LogP contribution is -2.42. The van der Waals surface area contributed by atoms with Crippen molar-refractivity contribution in [3.63, 3.8) is 0 Å². The number of likely N-dealkylation sites (tertiary alicyclic amines) is 2. The summed E-state index contributed by atoms with van der Waals surface area (Å²) in [5.41, 5.74) is 6.82. The fourth-order valence-corrected chi connectivity index (χ4v) is 3.37. The van der Waals surface area contributed by atoms with Crippen LogP contribution in [0.2, 0.25) is 0 Å². The van der Waals surface area contributed by atoms with E-state index >= 15 is 0 Å². The Morgan fingerprint density at radius 1 is 1.18 bits per heavy atom. The Hall–Kier alpha value is -1.53. The van der Waals surface area contributed by atoms with Crippen LogP contribution in [-0.2, 0) is 11.3 Å². The van der Waals surface area contributed by atoms with Gasteiger partial charge < -0.3 is 10.6 Å². The molecule has 22 heavy (non-hydrogen) atoms. The quantitative estimate of drug-likeness (QED) is 0.917. The van der Waals surface area contributed by atoms with Gasteiger partial charge in [-0.25, -0.2) is 8.78 Å². The molecule has 0 bridgehead atoms. The smallest absolute Gasteiger partial charge is 0.228 e. The van der Waals surface area contributed by atoms with Crippen LogP contribution < -0.4 is 5.73 Å². The topological polar surface area (TPSA) is 49.6 Å². The molecule has 2 atom stereocenters. The number of carbonyl (C=O) groups excluding carboxylic acids is 1. The Morgan fingerprint density at radius 3 is 2.59 bits per heavy atom. The molecular weight excluding hydrogens is 288 g/mol. The highest BCUT2D eigenvalue weighted by atomic mass is 19.2. The zero-order chi connectivity index (χ0) is 15.7. The highest BCUT2D eigenvalue weighted by Crippen LogP contribution is 2.22. The molecule has 0 saturated carbocycles. The van der Waals surface area contributed by atoms with Gasteiger partial charge in [-0.1, -0.05) is 6.07 Å². The highest BCUT2D eigenvalue weighted by molar-refractivity contribution is 5.80. The molecule has 120 valence electrons. The summed E-state index contributed by atoms with van der Waals surface area (Å²) < 4.78 is 26.2. The molecular formula is C16H21F2N3O. The summed E-state index contributed by atoms with van der Waals surface area (Å²) in [6.07, 6.45) is 2.12. The van der Waals surface area contributed by atoms with Crippen molar-refractivity contribution in [1.82, 2.24) is 9.80 Å². The van der Waals surface area contributed by atoms with E-state index < -0.39 is 11.6 Å². The summed E-state index contributed by atoms with van der Waals surface area (Å²) in [7, 11) is 0. The summed E-state index contributed by atoms with van der Waals surface area (Å²) in [6, 6.07) is 3.71. The maximum Gasteiger partial charge on any atom is 0.228 e. The van der Waals surface area contributed by atoms with Gasteiger partial charge in [0.2, 0.25) is 5.91 Å². The molecule has 2 saturated heterocycles. The Labute approximate surface area is 128 Å². The summed E-state index contributed by atoms with van der Waals surface area (Å²) in [4.78, 5) is 16.4. The van der Waals surface area contributed by atoms with Gasteiger partial charge in [-0.05, 0) is 30.5 Å². The summed E-state index contributed by atoms with van der Waals surface area (Å²) >= 11 is 0. The van der Waals surface area contributed by atoms with E-state index in [-0.39, 0.29) is 17.9 Å². The maximum absolute atomic E-state index is 13.3. The maximum atomic E-state index is 13.3. The highest BCUT2D eigenvalue weighted by Gasteiger charge is 2.38. The lowest BCUT2D eigenvalue weighted by Gasteiger charge is -2.22. The first-order valence-electron chi connectivity index (χ1n) is 7.75. The van der Waals surface area contributed by atoms with Crippen molar-refractivity contribution in [2.24, 2.45) is 11.7 Å². The second-order valence-corrected chi connectivity index (χ2v) is 6.25. The van der Waals surface area contributed by atoms with Crippen LogP contribution >= 0.6 is 0 Å². The summed E-state index contributed by atoms with van der Waals surface area (Å²) in [5.74, 6) is -1.74. The Balaban J connectivity index is 1.62. The molecule has 1 amide bonds. The van der Waals surface area contributed by atoms with Crippen LogP contribution in [0.4, 0.5) is 8.78 Å². The number of hydrogen-bond acceptors (Lipinski definition) is 3. The fraction of sp³-hybridized carbons (Fsp3) is 0.562. The predicted molar refractivity (Wildman–Crippen MR) is 78.9 cm³/mol. The Morgan fingerprint density at radius 2 is 1.91 bits per heavy atom. The third-order valence-electron chi connectivity index (χ3n) is 4.57. The van der Waals surface area contributed by atoms with Crippen molar-refractivity contribution < 1.29 is 13.6 Å². The Kier molecular flexibility index (Phi) is 4.40. The van der Waals surface area contributed by atoms with Crippen LogP contribution in [0.3, 0.4) is 0 Å². The third-order valence-corrected chi connectivity index (χ3v) is 4.57. The Bertz CT molecular complexity index is 560. The van der Waals surface area contributed by atoms with Crippen molar-refractivity contribution >= 4 is 5.91 Å². The molecule has 4 nitrogen and oxygen atoms in total. The molecule has 2 heterocycles. The summed E-state index contributed by atoms with van der Waals surface area (Å²) in [6.45, 7) is 3.31. The minimum absolute atomic E-state index is 0.137. The largest absolute Gasteiger partial charge is 0.342 e. The van der Waals surface area contributed by atoms with Crippen LogP contribution in [0.15, 0.2) is 18.2 Å². The van der Waals surface area contributed by atoms with E-state index in [0.717, 1.165) is 32.0 Å². The lowest BCUT2D eigenvalue weighted by atomic mass is 10.0. The van der Waals surface area contributed by atoms with E-state index in [4.69, 9.17) is 5.73 Å². The van der Waals surface area contributed by atoms with Gasteiger partial charge in [0.25, 0.3) is 0 Å². The van der Waals surface area contributed by atoms with Gasteiger partial charge >= 0.3 is 0 Å². The number of amides is 1. The van der Waals surface area contributed by atoms with E-state index in [0.29, 0.717) is 25.2 Å². The van der Waals surface area contributed by atoms with E-state index in [1.54, 1.807) is 6.07 Å². The second-order valence-electron chi connectivity index (χ2n) is 6.25. The fourth-order valence-electron chi connectivity index (χ4n) is 3.37. The number of halogens is 2. The molecule has 1 aromatic rings.